The zero-order chi connectivity index (χ0) is 12.4. The molecule has 18 heavy (non-hydrogen) atoms. The van der Waals surface area contributed by atoms with E-state index in [2.05, 4.69) is 29.2 Å². The predicted octanol–water partition coefficient (Wildman–Crippen LogP) is 3.31. The van der Waals surface area contributed by atoms with Crippen molar-refractivity contribution in [1.82, 2.24) is 0 Å². The minimum Gasteiger partial charge on any atom is -0.396 e. The van der Waals surface area contributed by atoms with Gasteiger partial charge in [0, 0.05) is 30.8 Å². The fourth-order valence-corrected chi connectivity index (χ4v) is 3.67. The van der Waals surface area contributed by atoms with E-state index < -0.39 is 0 Å². The van der Waals surface area contributed by atoms with Gasteiger partial charge in [0.2, 0.25) is 0 Å². The summed E-state index contributed by atoms with van der Waals surface area (Å²) in [5, 5.41) is 9.23. The predicted molar refractivity (Wildman–Crippen MR) is 75.1 cm³/mol. The minimum absolute atomic E-state index is 0.303. The number of aliphatic hydroxyl groups excluding tert-OH is 1. The highest BCUT2D eigenvalue weighted by Gasteiger charge is 2.32. The average molecular weight is 245 g/mol. The van der Waals surface area contributed by atoms with Gasteiger partial charge in [-0.25, -0.2) is 0 Å². The number of rotatable bonds is 3. The van der Waals surface area contributed by atoms with Crippen LogP contribution in [0.25, 0.3) is 0 Å². The highest BCUT2D eigenvalue weighted by Crippen LogP contribution is 2.41. The molecule has 0 saturated heterocycles. The molecular weight excluding hydrogens is 222 g/mol. The maximum Gasteiger partial charge on any atom is 0.0437 e. The van der Waals surface area contributed by atoms with Gasteiger partial charge in [0.25, 0.3) is 0 Å². The van der Waals surface area contributed by atoms with Crippen LogP contribution in [0.1, 0.15) is 50.0 Å². The van der Waals surface area contributed by atoms with Gasteiger partial charge in [0.15, 0.2) is 0 Å². The van der Waals surface area contributed by atoms with Crippen LogP contribution in [0.4, 0.5) is 5.69 Å². The molecule has 2 aliphatic rings. The maximum absolute atomic E-state index is 9.23. The Bertz CT molecular complexity index is 398. The van der Waals surface area contributed by atoms with Crippen molar-refractivity contribution in [1.29, 1.82) is 0 Å². The lowest BCUT2D eigenvalue weighted by molar-refractivity contribution is 0.276. The second-order valence-corrected chi connectivity index (χ2v) is 5.71. The molecule has 0 bridgehead atoms. The number of aliphatic hydroxyl groups is 1. The molecule has 1 heterocycles. The molecule has 1 N–H and O–H groups in total. The summed E-state index contributed by atoms with van der Waals surface area (Å²) >= 11 is 0. The van der Waals surface area contributed by atoms with Crippen LogP contribution in [0.2, 0.25) is 0 Å². The quantitative estimate of drug-likeness (QED) is 0.883. The van der Waals surface area contributed by atoms with Crippen molar-refractivity contribution in [2.45, 2.75) is 50.5 Å². The molecule has 1 aromatic carbocycles. The summed E-state index contributed by atoms with van der Waals surface area (Å²) in [6.45, 7) is 1.42. The third-order valence-electron chi connectivity index (χ3n) is 4.60. The van der Waals surface area contributed by atoms with Crippen LogP contribution in [0.15, 0.2) is 24.3 Å². The van der Waals surface area contributed by atoms with Gasteiger partial charge < -0.3 is 10.0 Å². The fraction of sp³-hybridized carbons (Fsp3) is 0.625. The van der Waals surface area contributed by atoms with Gasteiger partial charge >= 0.3 is 0 Å². The van der Waals surface area contributed by atoms with Gasteiger partial charge in [-0.05, 0) is 30.9 Å². The first-order valence-electron chi connectivity index (χ1n) is 7.36. The number of anilines is 1. The summed E-state index contributed by atoms with van der Waals surface area (Å²) in [7, 11) is 0. The van der Waals surface area contributed by atoms with Gasteiger partial charge in [-0.1, -0.05) is 37.5 Å². The first-order chi connectivity index (χ1) is 8.90. The van der Waals surface area contributed by atoms with E-state index >= 15 is 0 Å². The lowest BCUT2D eigenvalue weighted by atomic mass is 9.94. The van der Waals surface area contributed by atoms with E-state index in [4.69, 9.17) is 0 Å². The van der Waals surface area contributed by atoms with E-state index in [0.29, 0.717) is 12.5 Å². The smallest absolute Gasteiger partial charge is 0.0437 e. The largest absolute Gasteiger partial charge is 0.396 e. The molecule has 98 valence electrons. The van der Waals surface area contributed by atoms with Crippen LogP contribution in [0.3, 0.4) is 0 Å². The lowest BCUT2D eigenvalue weighted by Gasteiger charge is -2.33. The Morgan fingerprint density at radius 2 is 1.89 bits per heavy atom. The molecule has 1 saturated carbocycles. The van der Waals surface area contributed by atoms with Gasteiger partial charge in [-0.15, -0.1) is 0 Å². The first kappa shape index (κ1) is 12.0. The van der Waals surface area contributed by atoms with Crippen molar-refractivity contribution < 1.29 is 5.11 Å². The van der Waals surface area contributed by atoms with E-state index in [1.807, 2.05) is 0 Å². The third kappa shape index (κ3) is 2.14. The Balaban J connectivity index is 1.84. The number of hydrogen-bond acceptors (Lipinski definition) is 2. The number of para-hydroxylation sites is 1. The van der Waals surface area contributed by atoms with Gasteiger partial charge in [0.05, 0.1) is 0 Å². The monoisotopic (exact) mass is 245 g/mol. The summed E-state index contributed by atoms with van der Waals surface area (Å²) in [4.78, 5) is 2.62. The molecule has 1 aliphatic carbocycles. The van der Waals surface area contributed by atoms with Crippen LogP contribution in [-0.4, -0.2) is 24.3 Å². The van der Waals surface area contributed by atoms with Crippen molar-refractivity contribution >= 4 is 5.69 Å². The highest BCUT2D eigenvalue weighted by atomic mass is 16.3. The van der Waals surface area contributed by atoms with Crippen LogP contribution < -0.4 is 4.90 Å². The van der Waals surface area contributed by atoms with Crippen molar-refractivity contribution in [2.75, 3.05) is 18.1 Å². The summed E-state index contributed by atoms with van der Waals surface area (Å²) in [5.41, 5.74) is 2.89. The summed E-state index contributed by atoms with van der Waals surface area (Å²) in [5.74, 6) is 0.535. The average Bonchev–Trinajstić information content (AvgIpc) is 2.80. The van der Waals surface area contributed by atoms with Crippen LogP contribution in [0, 0.1) is 0 Å². The third-order valence-corrected chi connectivity index (χ3v) is 4.60. The molecular formula is C16H23NO. The van der Waals surface area contributed by atoms with Crippen LogP contribution in [0.5, 0.6) is 0 Å². The zero-order valence-corrected chi connectivity index (χ0v) is 11.0. The highest BCUT2D eigenvalue weighted by molar-refractivity contribution is 5.60. The SMILES string of the molecule is OCCC1CN(C2CCCCC2)c2ccccc21. The Morgan fingerprint density at radius 3 is 2.67 bits per heavy atom. The Hall–Kier alpha value is -1.02. The molecule has 1 aromatic rings. The number of hydrogen-bond donors (Lipinski definition) is 1. The second-order valence-electron chi connectivity index (χ2n) is 5.71. The standard InChI is InChI=1S/C16H23NO/c18-11-10-13-12-17(14-6-2-1-3-7-14)16-9-5-4-8-15(13)16/h4-5,8-9,13-14,18H,1-3,6-7,10-12H2. The zero-order valence-electron chi connectivity index (χ0n) is 11.0. The van der Waals surface area contributed by atoms with Crippen molar-refractivity contribution in [3.8, 4) is 0 Å². The van der Waals surface area contributed by atoms with E-state index in [-0.39, 0.29) is 0 Å². The van der Waals surface area contributed by atoms with Crippen molar-refractivity contribution in [3.05, 3.63) is 29.8 Å². The molecule has 0 spiro atoms. The van der Waals surface area contributed by atoms with Gasteiger partial charge in [0.1, 0.15) is 0 Å². The molecule has 0 radical (unpaired) electrons. The number of benzene rings is 1. The molecule has 1 fully saturated rings. The fourth-order valence-electron chi connectivity index (χ4n) is 3.67. The molecule has 2 nitrogen and oxygen atoms in total. The first-order valence-corrected chi connectivity index (χ1v) is 7.36. The summed E-state index contributed by atoms with van der Waals surface area (Å²) in [6, 6.07) is 9.53. The molecule has 3 rings (SSSR count). The van der Waals surface area contributed by atoms with Gasteiger partial charge in [-0.3, -0.25) is 0 Å². The minimum atomic E-state index is 0.303. The van der Waals surface area contributed by atoms with Crippen molar-refractivity contribution in [2.24, 2.45) is 0 Å². The van der Waals surface area contributed by atoms with E-state index in [9.17, 15) is 5.11 Å². The summed E-state index contributed by atoms with van der Waals surface area (Å²) < 4.78 is 0. The van der Waals surface area contributed by atoms with E-state index in [1.165, 1.54) is 43.4 Å². The second kappa shape index (κ2) is 5.31. The number of fused-ring (bicyclic) bond motifs is 1. The Kier molecular flexibility index (Phi) is 3.55. The molecule has 2 heteroatoms. The lowest BCUT2D eigenvalue weighted by Crippen LogP contribution is -2.36. The molecule has 0 amide bonds. The number of nitrogens with zero attached hydrogens (tertiary/aromatic N) is 1. The Morgan fingerprint density at radius 1 is 1.11 bits per heavy atom. The summed E-state index contributed by atoms with van der Waals surface area (Å²) in [6.07, 6.45) is 7.77. The van der Waals surface area contributed by atoms with Crippen molar-refractivity contribution in [3.63, 3.8) is 0 Å². The molecule has 1 unspecified atom stereocenters. The topological polar surface area (TPSA) is 23.5 Å². The van der Waals surface area contributed by atoms with E-state index in [1.54, 1.807) is 0 Å². The maximum atomic E-state index is 9.23. The van der Waals surface area contributed by atoms with E-state index in [0.717, 1.165) is 19.0 Å². The Labute approximate surface area is 110 Å². The van der Waals surface area contributed by atoms with Crippen LogP contribution >= 0.6 is 0 Å². The molecule has 1 aliphatic heterocycles. The molecule has 0 aromatic heterocycles. The van der Waals surface area contributed by atoms with Crippen LogP contribution in [-0.2, 0) is 0 Å². The normalized spacial score (nSPS) is 24.3. The molecule has 1 atom stereocenters. The van der Waals surface area contributed by atoms with Gasteiger partial charge in [-0.2, -0.15) is 0 Å².